The lowest BCUT2D eigenvalue weighted by atomic mass is 10.1. The fourth-order valence-electron chi connectivity index (χ4n) is 1.65. The Bertz CT molecular complexity index is 631. The molecule has 1 aromatic carbocycles. The predicted octanol–water partition coefficient (Wildman–Crippen LogP) is 1.82. The minimum Gasteiger partial charge on any atom is -0.361 e. The molecule has 0 aliphatic carbocycles. The summed E-state index contributed by atoms with van der Waals surface area (Å²) >= 11 is 0. The normalized spacial score (nSPS) is 11.2. The van der Waals surface area contributed by atoms with Crippen molar-refractivity contribution in [3.05, 3.63) is 41.6 Å². The number of benzene rings is 1. The molecule has 0 fully saturated rings. The number of nitrogens with zero attached hydrogens (tertiary/aromatic N) is 1. The number of nitrogens with one attached hydrogen (secondary N) is 2. The van der Waals surface area contributed by atoms with Crippen LogP contribution in [0, 0.1) is 11.3 Å². The van der Waals surface area contributed by atoms with Crippen molar-refractivity contribution >= 4 is 22.9 Å². The molecule has 2 aromatic rings. The highest BCUT2D eigenvalue weighted by atomic mass is 16.1. The Morgan fingerprint density at radius 2 is 2.24 bits per heavy atom. The monoisotopic (exact) mass is 225 g/mol. The number of fused-ring (bicyclic) bond motifs is 1. The lowest BCUT2D eigenvalue weighted by molar-refractivity contribution is -0.116. The van der Waals surface area contributed by atoms with Crippen LogP contribution in [0.4, 0.5) is 0 Å². The molecule has 0 saturated heterocycles. The average molecular weight is 225 g/mol. The van der Waals surface area contributed by atoms with E-state index in [1.54, 1.807) is 12.3 Å². The Morgan fingerprint density at radius 1 is 1.47 bits per heavy atom. The number of amides is 1. The van der Waals surface area contributed by atoms with Gasteiger partial charge < -0.3 is 10.3 Å². The maximum absolute atomic E-state index is 11.4. The molecule has 84 valence electrons. The summed E-state index contributed by atoms with van der Waals surface area (Å²) in [6.07, 6.45) is 3.36. The quantitative estimate of drug-likeness (QED) is 0.604. The molecule has 2 rings (SSSR count). The zero-order valence-corrected chi connectivity index (χ0v) is 9.32. The van der Waals surface area contributed by atoms with Gasteiger partial charge in [0.25, 0.3) is 5.91 Å². The number of H-pyrrole nitrogens is 1. The number of rotatable bonds is 2. The molecule has 4 nitrogen and oxygen atoms in total. The van der Waals surface area contributed by atoms with Crippen molar-refractivity contribution in [2.45, 2.75) is 0 Å². The number of carbonyl (C=O) groups is 1. The number of hydrogen-bond donors (Lipinski definition) is 2. The molecule has 0 aliphatic rings. The molecular weight excluding hydrogens is 214 g/mol. The van der Waals surface area contributed by atoms with Gasteiger partial charge in [-0.05, 0) is 12.1 Å². The van der Waals surface area contributed by atoms with Gasteiger partial charge in [0.15, 0.2) is 0 Å². The summed E-state index contributed by atoms with van der Waals surface area (Å²) in [4.78, 5) is 14.5. The van der Waals surface area contributed by atoms with Crippen LogP contribution in [0.15, 0.2) is 36.0 Å². The first-order valence-corrected chi connectivity index (χ1v) is 5.16. The Labute approximate surface area is 98.6 Å². The van der Waals surface area contributed by atoms with E-state index in [4.69, 9.17) is 5.26 Å². The van der Waals surface area contributed by atoms with E-state index in [-0.39, 0.29) is 11.5 Å². The molecule has 0 bridgehead atoms. The summed E-state index contributed by atoms with van der Waals surface area (Å²) in [6, 6.07) is 9.62. The largest absolute Gasteiger partial charge is 0.361 e. The highest BCUT2D eigenvalue weighted by Gasteiger charge is 2.08. The van der Waals surface area contributed by atoms with E-state index in [1.807, 2.05) is 30.3 Å². The van der Waals surface area contributed by atoms with E-state index in [0.29, 0.717) is 0 Å². The Kier molecular flexibility index (Phi) is 2.93. The number of likely N-dealkylation sites (N-methyl/N-ethyl adjacent to an activating group) is 1. The fourth-order valence-corrected chi connectivity index (χ4v) is 1.65. The molecule has 0 saturated carbocycles. The minimum atomic E-state index is -0.377. The Morgan fingerprint density at radius 3 is 2.94 bits per heavy atom. The SMILES string of the molecule is CNC(=O)/C(C#N)=C\c1c[nH]c2ccccc12. The summed E-state index contributed by atoms with van der Waals surface area (Å²) in [5.74, 6) is -0.377. The van der Waals surface area contributed by atoms with Gasteiger partial charge in [-0.15, -0.1) is 0 Å². The van der Waals surface area contributed by atoms with Crippen LogP contribution in [0.1, 0.15) is 5.56 Å². The van der Waals surface area contributed by atoms with Crippen LogP contribution < -0.4 is 5.32 Å². The Balaban J connectivity index is 2.51. The molecule has 1 aromatic heterocycles. The maximum atomic E-state index is 11.4. The molecule has 17 heavy (non-hydrogen) atoms. The van der Waals surface area contributed by atoms with Crippen molar-refractivity contribution in [1.29, 1.82) is 5.26 Å². The smallest absolute Gasteiger partial charge is 0.261 e. The van der Waals surface area contributed by atoms with Crippen LogP contribution in [0.25, 0.3) is 17.0 Å². The van der Waals surface area contributed by atoms with Crippen molar-refractivity contribution in [2.24, 2.45) is 0 Å². The molecule has 2 N–H and O–H groups in total. The van der Waals surface area contributed by atoms with E-state index in [9.17, 15) is 4.79 Å². The second-order valence-corrected chi connectivity index (χ2v) is 3.54. The molecule has 0 spiro atoms. The summed E-state index contributed by atoms with van der Waals surface area (Å²) in [6.45, 7) is 0. The number of nitriles is 1. The first kappa shape index (κ1) is 11.0. The third-order valence-electron chi connectivity index (χ3n) is 2.51. The zero-order chi connectivity index (χ0) is 12.3. The molecule has 0 aliphatic heterocycles. The lowest BCUT2D eigenvalue weighted by Gasteiger charge is -1.96. The second-order valence-electron chi connectivity index (χ2n) is 3.54. The van der Waals surface area contributed by atoms with Gasteiger partial charge in [0, 0.05) is 29.7 Å². The van der Waals surface area contributed by atoms with Crippen LogP contribution in [-0.4, -0.2) is 17.9 Å². The number of carbonyl (C=O) groups excluding carboxylic acids is 1. The maximum Gasteiger partial charge on any atom is 0.261 e. The molecule has 0 radical (unpaired) electrons. The van der Waals surface area contributed by atoms with Crippen molar-refractivity contribution in [3.8, 4) is 6.07 Å². The van der Waals surface area contributed by atoms with Crippen molar-refractivity contribution in [2.75, 3.05) is 7.05 Å². The topological polar surface area (TPSA) is 68.7 Å². The number of aromatic amines is 1. The number of hydrogen-bond acceptors (Lipinski definition) is 2. The summed E-state index contributed by atoms with van der Waals surface area (Å²) in [5, 5.41) is 12.3. The molecule has 1 heterocycles. The van der Waals surface area contributed by atoms with Gasteiger partial charge in [0.1, 0.15) is 11.6 Å². The van der Waals surface area contributed by atoms with Crippen molar-refractivity contribution in [1.82, 2.24) is 10.3 Å². The second kappa shape index (κ2) is 4.54. The van der Waals surface area contributed by atoms with Crippen LogP contribution >= 0.6 is 0 Å². The van der Waals surface area contributed by atoms with E-state index < -0.39 is 0 Å². The zero-order valence-electron chi connectivity index (χ0n) is 9.32. The van der Waals surface area contributed by atoms with Crippen LogP contribution in [0.2, 0.25) is 0 Å². The number of para-hydroxylation sites is 1. The first-order valence-electron chi connectivity index (χ1n) is 5.16. The molecule has 0 unspecified atom stereocenters. The van der Waals surface area contributed by atoms with Crippen molar-refractivity contribution < 1.29 is 4.79 Å². The summed E-state index contributed by atoms with van der Waals surface area (Å²) in [5.41, 5.74) is 1.91. The van der Waals surface area contributed by atoms with Gasteiger partial charge in [0.05, 0.1) is 0 Å². The molecule has 0 atom stereocenters. The van der Waals surface area contributed by atoms with E-state index in [1.165, 1.54) is 7.05 Å². The molecule has 4 heteroatoms. The average Bonchev–Trinajstić information content (AvgIpc) is 2.78. The van der Waals surface area contributed by atoms with Gasteiger partial charge in [-0.3, -0.25) is 4.79 Å². The highest BCUT2D eigenvalue weighted by molar-refractivity contribution is 6.03. The molecular formula is C13H11N3O. The van der Waals surface area contributed by atoms with Crippen LogP contribution in [0.3, 0.4) is 0 Å². The van der Waals surface area contributed by atoms with Crippen molar-refractivity contribution in [3.63, 3.8) is 0 Å². The fraction of sp³-hybridized carbons (Fsp3) is 0.0769. The lowest BCUT2D eigenvalue weighted by Crippen LogP contribution is -2.19. The highest BCUT2D eigenvalue weighted by Crippen LogP contribution is 2.20. The van der Waals surface area contributed by atoms with E-state index in [2.05, 4.69) is 10.3 Å². The molecule has 1 amide bonds. The van der Waals surface area contributed by atoms with Gasteiger partial charge in [-0.1, -0.05) is 18.2 Å². The van der Waals surface area contributed by atoms with Gasteiger partial charge in [-0.2, -0.15) is 5.26 Å². The van der Waals surface area contributed by atoms with Gasteiger partial charge in [-0.25, -0.2) is 0 Å². The van der Waals surface area contributed by atoms with Crippen LogP contribution in [0.5, 0.6) is 0 Å². The standard InChI is InChI=1S/C13H11N3O/c1-15-13(17)9(7-14)6-10-8-16-12-5-3-2-4-11(10)12/h2-6,8,16H,1H3,(H,15,17)/b9-6-. The minimum absolute atomic E-state index is 0.0947. The van der Waals surface area contributed by atoms with Gasteiger partial charge in [0.2, 0.25) is 0 Å². The van der Waals surface area contributed by atoms with E-state index >= 15 is 0 Å². The van der Waals surface area contributed by atoms with Gasteiger partial charge >= 0.3 is 0 Å². The summed E-state index contributed by atoms with van der Waals surface area (Å²) < 4.78 is 0. The third-order valence-corrected chi connectivity index (χ3v) is 2.51. The summed E-state index contributed by atoms with van der Waals surface area (Å²) in [7, 11) is 1.50. The Hall–Kier alpha value is -2.54. The third kappa shape index (κ3) is 2.04. The predicted molar refractivity (Wildman–Crippen MR) is 66.0 cm³/mol. The van der Waals surface area contributed by atoms with Crippen LogP contribution in [-0.2, 0) is 4.79 Å². The number of aromatic nitrogens is 1. The van der Waals surface area contributed by atoms with E-state index in [0.717, 1.165) is 16.5 Å². The first-order chi connectivity index (χ1) is 8.26.